The number of rotatable bonds is 8. The number of carboxylic acids is 1. The number of carboxylic acid groups (broad SMARTS) is 1. The molecule has 2 N–H and O–H groups in total. The van der Waals surface area contributed by atoms with E-state index in [4.69, 9.17) is 13.9 Å². The minimum Gasteiger partial charge on any atom is -0.496 e. The molecule has 8 heteroatoms. The van der Waals surface area contributed by atoms with Crippen LogP contribution >= 0.6 is 0 Å². The molecule has 0 saturated carbocycles. The van der Waals surface area contributed by atoms with E-state index in [0.717, 1.165) is 18.4 Å². The van der Waals surface area contributed by atoms with E-state index in [2.05, 4.69) is 5.32 Å². The van der Waals surface area contributed by atoms with E-state index >= 15 is 0 Å². The lowest BCUT2D eigenvalue weighted by Crippen LogP contribution is -2.42. The smallest absolute Gasteiger partial charge is 0.340 e. The van der Waals surface area contributed by atoms with Gasteiger partial charge in [0.1, 0.15) is 28.7 Å². The number of amides is 1. The number of benzene rings is 1. The highest BCUT2D eigenvalue weighted by atomic mass is 16.5. The van der Waals surface area contributed by atoms with E-state index < -0.39 is 23.5 Å². The van der Waals surface area contributed by atoms with E-state index in [1.165, 1.54) is 7.11 Å². The first-order valence-corrected chi connectivity index (χ1v) is 10.9. The Morgan fingerprint density at radius 1 is 1.34 bits per heavy atom. The molecule has 1 aliphatic heterocycles. The molecule has 32 heavy (non-hydrogen) atoms. The summed E-state index contributed by atoms with van der Waals surface area (Å²) in [7, 11) is 1.53. The van der Waals surface area contributed by atoms with Crippen molar-refractivity contribution in [3.8, 4) is 11.5 Å². The van der Waals surface area contributed by atoms with Gasteiger partial charge in [0, 0.05) is 11.6 Å². The maximum absolute atomic E-state index is 12.8. The molecule has 2 heterocycles. The van der Waals surface area contributed by atoms with Gasteiger partial charge in [-0.05, 0) is 45.6 Å². The van der Waals surface area contributed by atoms with Crippen molar-refractivity contribution in [2.45, 2.75) is 77.9 Å². The molecule has 1 atom stereocenters. The van der Waals surface area contributed by atoms with Crippen molar-refractivity contribution in [3.05, 3.63) is 33.2 Å². The SMILES string of the molecule is CCCCC(NC(=O)Cc1c(C)c2c(OC)cc3c(c2oc1=O)CCC(C)(C)O3)C(=O)O. The molecule has 1 aromatic heterocycles. The third kappa shape index (κ3) is 4.74. The zero-order valence-electron chi connectivity index (χ0n) is 19.3. The van der Waals surface area contributed by atoms with Gasteiger partial charge in [-0.25, -0.2) is 9.59 Å². The lowest BCUT2D eigenvalue weighted by molar-refractivity contribution is -0.142. The van der Waals surface area contributed by atoms with Crippen molar-refractivity contribution in [1.82, 2.24) is 5.32 Å². The molecule has 1 amide bonds. The fraction of sp³-hybridized carbons (Fsp3) is 0.542. The Labute approximate surface area is 186 Å². The summed E-state index contributed by atoms with van der Waals surface area (Å²) < 4.78 is 17.3. The maximum atomic E-state index is 12.8. The highest BCUT2D eigenvalue weighted by molar-refractivity contribution is 5.93. The second kappa shape index (κ2) is 9.22. The molecule has 0 spiro atoms. The number of nitrogens with one attached hydrogen (secondary N) is 1. The molecule has 3 rings (SSSR count). The van der Waals surface area contributed by atoms with Crippen molar-refractivity contribution < 1.29 is 28.6 Å². The summed E-state index contributed by atoms with van der Waals surface area (Å²) in [6.45, 7) is 7.69. The van der Waals surface area contributed by atoms with Gasteiger partial charge in [0.15, 0.2) is 0 Å². The molecule has 0 radical (unpaired) electrons. The Balaban J connectivity index is 2.00. The summed E-state index contributed by atoms with van der Waals surface area (Å²) in [6.07, 6.45) is 3.00. The topological polar surface area (TPSA) is 115 Å². The van der Waals surface area contributed by atoms with Crippen molar-refractivity contribution in [1.29, 1.82) is 0 Å². The molecule has 0 bridgehead atoms. The molecule has 0 aliphatic carbocycles. The quantitative estimate of drug-likeness (QED) is 0.598. The highest BCUT2D eigenvalue weighted by Crippen LogP contribution is 2.43. The van der Waals surface area contributed by atoms with Crippen LogP contribution in [0.5, 0.6) is 11.5 Å². The van der Waals surface area contributed by atoms with Gasteiger partial charge in [0.05, 0.1) is 24.5 Å². The van der Waals surface area contributed by atoms with Crippen LogP contribution in [0.3, 0.4) is 0 Å². The molecule has 2 aromatic rings. The monoisotopic (exact) mass is 445 g/mol. The number of carbonyl (C=O) groups is 2. The molecule has 8 nitrogen and oxygen atoms in total. The van der Waals surface area contributed by atoms with E-state index in [9.17, 15) is 19.5 Å². The number of fused-ring (bicyclic) bond motifs is 3. The van der Waals surface area contributed by atoms with Gasteiger partial charge in [-0.3, -0.25) is 4.79 Å². The predicted molar refractivity (Wildman–Crippen MR) is 120 cm³/mol. The second-order valence-electron chi connectivity index (χ2n) is 8.89. The first kappa shape index (κ1) is 23.6. The molecule has 1 unspecified atom stereocenters. The largest absolute Gasteiger partial charge is 0.496 e. The molecular formula is C24H31NO7. The van der Waals surface area contributed by atoms with Crippen LogP contribution in [0.4, 0.5) is 0 Å². The Hall–Kier alpha value is -3.03. The maximum Gasteiger partial charge on any atom is 0.340 e. The Bertz CT molecular complexity index is 1100. The predicted octanol–water partition coefficient (Wildman–Crippen LogP) is 3.52. The Morgan fingerprint density at radius 3 is 2.69 bits per heavy atom. The van der Waals surface area contributed by atoms with Gasteiger partial charge in [0.25, 0.3) is 0 Å². The number of aryl methyl sites for hydroxylation is 2. The molecular weight excluding hydrogens is 414 g/mol. The van der Waals surface area contributed by atoms with Gasteiger partial charge < -0.3 is 24.3 Å². The van der Waals surface area contributed by atoms with Crippen molar-refractivity contribution in [2.75, 3.05) is 7.11 Å². The Kier molecular flexibility index (Phi) is 6.81. The second-order valence-corrected chi connectivity index (χ2v) is 8.89. The van der Waals surface area contributed by atoms with Crippen molar-refractivity contribution in [3.63, 3.8) is 0 Å². The lowest BCUT2D eigenvalue weighted by Gasteiger charge is -2.33. The minimum atomic E-state index is -1.09. The number of methoxy groups -OCH3 is 1. The van der Waals surface area contributed by atoms with Crippen LogP contribution in [0, 0.1) is 6.92 Å². The zero-order valence-corrected chi connectivity index (χ0v) is 19.3. The summed E-state index contributed by atoms with van der Waals surface area (Å²) >= 11 is 0. The van der Waals surface area contributed by atoms with E-state index in [-0.39, 0.29) is 17.6 Å². The summed E-state index contributed by atoms with van der Waals surface area (Å²) in [6, 6.07) is 0.804. The first-order valence-electron chi connectivity index (χ1n) is 10.9. The number of hydrogen-bond acceptors (Lipinski definition) is 6. The third-order valence-corrected chi connectivity index (χ3v) is 5.98. The number of carbonyl (C=O) groups excluding carboxylic acids is 1. The van der Waals surface area contributed by atoms with E-state index in [1.54, 1.807) is 13.0 Å². The van der Waals surface area contributed by atoms with E-state index in [0.29, 0.717) is 47.3 Å². The fourth-order valence-electron chi connectivity index (χ4n) is 4.12. The van der Waals surface area contributed by atoms with Crippen LogP contribution in [0.25, 0.3) is 11.0 Å². The molecule has 0 fully saturated rings. The van der Waals surface area contributed by atoms with Crippen LogP contribution < -0.4 is 20.4 Å². The first-order chi connectivity index (χ1) is 15.1. The summed E-state index contributed by atoms with van der Waals surface area (Å²) in [5, 5.41) is 12.5. The van der Waals surface area contributed by atoms with Gasteiger partial charge in [-0.2, -0.15) is 0 Å². The van der Waals surface area contributed by atoms with Crippen LogP contribution in [-0.4, -0.2) is 35.7 Å². The summed E-state index contributed by atoms with van der Waals surface area (Å²) in [5.41, 5.74) is 1.03. The fourth-order valence-corrected chi connectivity index (χ4v) is 4.12. The van der Waals surface area contributed by atoms with Crippen LogP contribution in [0.15, 0.2) is 15.3 Å². The van der Waals surface area contributed by atoms with Crippen LogP contribution in [0.1, 0.15) is 63.1 Å². The minimum absolute atomic E-state index is 0.185. The van der Waals surface area contributed by atoms with Gasteiger partial charge in [-0.15, -0.1) is 0 Å². The average Bonchev–Trinajstić information content (AvgIpc) is 2.72. The number of aliphatic carboxylic acids is 1. The normalized spacial score (nSPS) is 15.5. The van der Waals surface area contributed by atoms with Crippen molar-refractivity contribution >= 4 is 22.8 Å². The molecule has 1 aromatic carbocycles. The van der Waals surface area contributed by atoms with Crippen LogP contribution in [-0.2, 0) is 22.4 Å². The Morgan fingerprint density at radius 2 is 2.06 bits per heavy atom. The number of hydrogen-bond donors (Lipinski definition) is 2. The summed E-state index contributed by atoms with van der Waals surface area (Å²) in [4.78, 5) is 36.9. The van der Waals surface area contributed by atoms with Crippen LogP contribution in [0.2, 0.25) is 0 Å². The molecule has 0 saturated heterocycles. The number of ether oxygens (including phenoxy) is 2. The lowest BCUT2D eigenvalue weighted by atomic mass is 9.91. The molecule has 1 aliphatic rings. The molecule has 174 valence electrons. The van der Waals surface area contributed by atoms with Crippen molar-refractivity contribution in [2.24, 2.45) is 0 Å². The zero-order chi connectivity index (χ0) is 23.6. The van der Waals surface area contributed by atoms with E-state index in [1.807, 2.05) is 20.8 Å². The standard InChI is InChI=1S/C24H31NO7/c1-6-7-8-16(22(27)28)25-19(26)11-15-13(2)20-18(30-5)12-17-14(21(20)31-23(15)29)9-10-24(3,4)32-17/h12,16H,6-11H2,1-5H3,(H,25,26)(H,27,28). The van der Waals surface area contributed by atoms with Gasteiger partial charge in [0.2, 0.25) is 5.91 Å². The average molecular weight is 446 g/mol. The van der Waals surface area contributed by atoms with Gasteiger partial charge >= 0.3 is 11.6 Å². The highest BCUT2D eigenvalue weighted by Gasteiger charge is 2.31. The number of unbranched alkanes of at least 4 members (excludes halogenated alkanes) is 1. The van der Waals surface area contributed by atoms with Gasteiger partial charge in [-0.1, -0.05) is 19.8 Å². The summed E-state index contributed by atoms with van der Waals surface area (Å²) in [5.74, 6) is -0.514. The third-order valence-electron chi connectivity index (χ3n) is 5.98.